The molecule has 3 aromatic rings. The first-order chi connectivity index (χ1) is 12.6. The fourth-order valence-corrected chi connectivity index (χ4v) is 2.42. The first kappa shape index (κ1) is 17.4. The summed E-state index contributed by atoms with van der Waals surface area (Å²) >= 11 is 0. The van der Waals surface area contributed by atoms with Crippen LogP contribution in [0.4, 0.5) is 0 Å². The maximum Gasteiger partial charge on any atom is 0.269 e. The standard InChI is InChI=1S/C18H18N4O4/c1-26-12-5-2-4-11(8-12)14-9-15(22-21-14)18(25)19-10-16(23)13-6-3-7-17(24)20-13/h2-9,16,23H,10H2,1H3,(H,19,25)(H,20,24)(H,21,22). The van der Waals surface area contributed by atoms with Crippen molar-refractivity contribution in [3.05, 3.63) is 70.3 Å². The molecule has 0 fully saturated rings. The van der Waals surface area contributed by atoms with Crippen LogP contribution in [0.1, 0.15) is 22.3 Å². The molecule has 0 aliphatic carbocycles. The van der Waals surface area contributed by atoms with Crippen LogP contribution in [0.3, 0.4) is 0 Å². The topological polar surface area (TPSA) is 120 Å². The van der Waals surface area contributed by atoms with E-state index in [9.17, 15) is 14.7 Å². The van der Waals surface area contributed by atoms with Crippen LogP contribution in [0.25, 0.3) is 11.3 Å². The van der Waals surface area contributed by atoms with Crippen LogP contribution in [0, 0.1) is 0 Å². The van der Waals surface area contributed by atoms with Gasteiger partial charge in [0.2, 0.25) is 5.56 Å². The average Bonchev–Trinajstić information content (AvgIpc) is 3.16. The van der Waals surface area contributed by atoms with Gasteiger partial charge in [0, 0.05) is 23.9 Å². The van der Waals surface area contributed by atoms with Gasteiger partial charge in [-0.3, -0.25) is 14.7 Å². The summed E-state index contributed by atoms with van der Waals surface area (Å²) in [6.45, 7) is -0.0493. The number of hydrogen-bond acceptors (Lipinski definition) is 5. The molecule has 1 atom stereocenters. The smallest absolute Gasteiger partial charge is 0.269 e. The van der Waals surface area contributed by atoms with Crippen molar-refractivity contribution >= 4 is 5.91 Å². The molecule has 26 heavy (non-hydrogen) atoms. The van der Waals surface area contributed by atoms with Gasteiger partial charge in [-0.05, 0) is 24.3 Å². The number of methoxy groups -OCH3 is 1. The molecule has 3 rings (SSSR count). The Morgan fingerprint density at radius 3 is 2.85 bits per heavy atom. The van der Waals surface area contributed by atoms with Crippen LogP contribution in [-0.2, 0) is 0 Å². The van der Waals surface area contributed by atoms with Crippen molar-refractivity contribution in [2.75, 3.05) is 13.7 Å². The number of nitrogens with one attached hydrogen (secondary N) is 3. The number of carbonyl (C=O) groups is 1. The number of rotatable bonds is 6. The van der Waals surface area contributed by atoms with Crippen molar-refractivity contribution in [1.29, 1.82) is 0 Å². The molecule has 0 radical (unpaired) electrons. The van der Waals surface area contributed by atoms with Gasteiger partial charge in [0.25, 0.3) is 5.91 Å². The number of H-pyrrole nitrogens is 2. The van der Waals surface area contributed by atoms with Gasteiger partial charge >= 0.3 is 0 Å². The second-order valence-corrected chi connectivity index (χ2v) is 5.60. The quantitative estimate of drug-likeness (QED) is 0.531. The molecule has 4 N–H and O–H groups in total. The zero-order valence-electron chi connectivity index (χ0n) is 14.0. The van der Waals surface area contributed by atoms with Gasteiger partial charge in [-0.25, -0.2) is 0 Å². The third-order valence-corrected chi connectivity index (χ3v) is 3.79. The van der Waals surface area contributed by atoms with Crippen molar-refractivity contribution in [2.45, 2.75) is 6.10 Å². The number of hydrogen-bond donors (Lipinski definition) is 4. The van der Waals surface area contributed by atoms with Gasteiger partial charge in [-0.15, -0.1) is 0 Å². The van der Waals surface area contributed by atoms with Gasteiger partial charge in [-0.2, -0.15) is 5.10 Å². The van der Waals surface area contributed by atoms with Crippen molar-refractivity contribution in [1.82, 2.24) is 20.5 Å². The summed E-state index contributed by atoms with van der Waals surface area (Å²) < 4.78 is 5.18. The molecule has 0 spiro atoms. The second kappa shape index (κ2) is 7.66. The molecule has 1 amide bonds. The Balaban J connectivity index is 1.65. The largest absolute Gasteiger partial charge is 0.497 e. The minimum atomic E-state index is -1.02. The highest BCUT2D eigenvalue weighted by Crippen LogP contribution is 2.22. The minimum absolute atomic E-state index is 0.0493. The molecule has 0 bridgehead atoms. The lowest BCUT2D eigenvalue weighted by Gasteiger charge is -2.11. The monoisotopic (exact) mass is 354 g/mol. The number of aromatic amines is 2. The second-order valence-electron chi connectivity index (χ2n) is 5.60. The first-order valence-electron chi connectivity index (χ1n) is 7.92. The molecule has 134 valence electrons. The molecule has 8 nitrogen and oxygen atoms in total. The normalized spacial score (nSPS) is 11.8. The minimum Gasteiger partial charge on any atom is -0.497 e. The van der Waals surface area contributed by atoms with Crippen LogP contribution < -0.4 is 15.6 Å². The molecule has 0 aliphatic heterocycles. The lowest BCUT2D eigenvalue weighted by Crippen LogP contribution is -2.29. The van der Waals surface area contributed by atoms with Crippen molar-refractivity contribution in [3.63, 3.8) is 0 Å². The molecule has 1 unspecified atom stereocenters. The highest BCUT2D eigenvalue weighted by atomic mass is 16.5. The Kier molecular flexibility index (Phi) is 5.14. The van der Waals surface area contributed by atoms with Gasteiger partial charge in [0.15, 0.2) is 0 Å². The van der Waals surface area contributed by atoms with Crippen LogP contribution >= 0.6 is 0 Å². The number of carbonyl (C=O) groups excluding carboxylic acids is 1. The van der Waals surface area contributed by atoms with E-state index < -0.39 is 12.0 Å². The summed E-state index contributed by atoms with van der Waals surface area (Å²) in [5.74, 6) is 0.278. The highest BCUT2D eigenvalue weighted by molar-refractivity contribution is 5.93. The van der Waals surface area contributed by atoms with E-state index in [0.29, 0.717) is 17.1 Å². The zero-order chi connectivity index (χ0) is 18.5. The molecule has 1 aromatic carbocycles. The van der Waals surface area contributed by atoms with Crippen molar-refractivity contribution in [2.24, 2.45) is 0 Å². The Morgan fingerprint density at radius 2 is 2.08 bits per heavy atom. The van der Waals surface area contributed by atoms with Crippen molar-refractivity contribution < 1.29 is 14.6 Å². The fraction of sp³-hybridized carbons (Fsp3) is 0.167. The summed E-state index contributed by atoms with van der Waals surface area (Å²) in [6.07, 6.45) is -1.02. The number of benzene rings is 1. The predicted octanol–water partition coefficient (Wildman–Crippen LogP) is 1.24. The zero-order valence-corrected chi connectivity index (χ0v) is 14.0. The maximum atomic E-state index is 12.2. The third-order valence-electron chi connectivity index (χ3n) is 3.79. The van der Waals surface area contributed by atoms with Crippen molar-refractivity contribution in [3.8, 4) is 17.0 Å². The lowest BCUT2D eigenvalue weighted by molar-refractivity contribution is 0.0909. The van der Waals surface area contributed by atoms with Crippen LogP contribution in [0.2, 0.25) is 0 Å². The summed E-state index contributed by atoms with van der Waals surface area (Å²) in [7, 11) is 1.58. The third kappa shape index (κ3) is 3.98. The van der Waals surface area contributed by atoms with E-state index >= 15 is 0 Å². The van der Waals surface area contributed by atoms with E-state index in [-0.39, 0.29) is 17.8 Å². The Morgan fingerprint density at radius 1 is 1.27 bits per heavy atom. The number of aliphatic hydroxyl groups excluding tert-OH is 1. The van der Waals surface area contributed by atoms with E-state index in [2.05, 4.69) is 20.5 Å². The van der Waals surface area contributed by atoms with E-state index in [1.54, 1.807) is 19.2 Å². The van der Waals surface area contributed by atoms with E-state index in [4.69, 9.17) is 4.74 Å². The van der Waals surface area contributed by atoms with Gasteiger partial charge in [0.05, 0.1) is 12.8 Å². The number of pyridine rings is 1. The van der Waals surface area contributed by atoms with Crippen LogP contribution in [0.15, 0.2) is 53.3 Å². The summed E-state index contributed by atoms with van der Waals surface area (Å²) in [4.78, 5) is 26.0. The molecule has 2 aromatic heterocycles. The number of ether oxygens (including phenoxy) is 1. The van der Waals surface area contributed by atoms with Crippen LogP contribution in [0.5, 0.6) is 5.75 Å². The predicted molar refractivity (Wildman–Crippen MR) is 94.9 cm³/mol. The van der Waals surface area contributed by atoms with Gasteiger partial charge in [0.1, 0.15) is 17.5 Å². The van der Waals surface area contributed by atoms with E-state index in [1.165, 1.54) is 12.1 Å². The Labute approximate surface area is 148 Å². The molecule has 8 heteroatoms. The number of amides is 1. The summed E-state index contributed by atoms with van der Waals surface area (Å²) in [5.41, 5.74) is 1.68. The highest BCUT2D eigenvalue weighted by Gasteiger charge is 2.14. The molecule has 0 saturated carbocycles. The van der Waals surface area contributed by atoms with Crippen LogP contribution in [-0.4, -0.2) is 39.8 Å². The number of nitrogens with zero attached hydrogens (tertiary/aromatic N) is 1. The molecule has 0 aliphatic rings. The van der Waals surface area contributed by atoms with E-state index in [0.717, 1.165) is 5.56 Å². The Hall–Kier alpha value is -3.39. The number of aliphatic hydroxyl groups is 1. The molecule has 0 saturated heterocycles. The van der Waals surface area contributed by atoms with Gasteiger partial charge < -0.3 is 20.1 Å². The van der Waals surface area contributed by atoms with Gasteiger partial charge in [-0.1, -0.05) is 18.2 Å². The summed E-state index contributed by atoms with van der Waals surface area (Å²) in [6, 6.07) is 13.4. The maximum absolute atomic E-state index is 12.2. The Bertz CT molecular complexity index is 963. The SMILES string of the molecule is COc1cccc(-c2cc(C(=O)NCC(O)c3cccc(=O)[nH]3)[nH]n2)c1. The fourth-order valence-electron chi connectivity index (χ4n) is 2.42. The van der Waals surface area contributed by atoms with E-state index in [1.807, 2.05) is 24.3 Å². The molecule has 2 heterocycles. The molecular formula is C18H18N4O4. The lowest BCUT2D eigenvalue weighted by atomic mass is 10.1. The summed E-state index contributed by atoms with van der Waals surface area (Å²) in [5, 5.41) is 19.5. The average molecular weight is 354 g/mol. The first-order valence-corrected chi connectivity index (χ1v) is 7.92. The number of aromatic nitrogens is 3. The molecular weight excluding hydrogens is 336 g/mol.